The van der Waals surface area contributed by atoms with Crippen LogP contribution in [0.25, 0.3) is 0 Å². The van der Waals surface area contributed by atoms with Crippen molar-refractivity contribution >= 4 is 17.3 Å². The summed E-state index contributed by atoms with van der Waals surface area (Å²) in [5.41, 5.74) is 1.76. The average molecular weight is 426 g/mol. The van der Waals surface area contributed by atoms with Gasteiger partial charge in [0.2, 0.25) is 0 Å². The third-order valence-electron chi connectivity index (χ3n) is 6.28. The lowest BCUT2D eigenvalue weighted by Gasteiger charge is -2.24. The highest BCUT2D eigenvalue weighted by Gasteiger charge is 2.29. The van der Waals surface area contributed by atoms with Crippen LogP contribution in [0.4, 0.5) is 15.9 Å². The zero-order valence-corrected chi connectivity index (χ0v) is 18.7. The minimum Gasteiger partial charge on any atom is -0.489 e. The number of rotatable bonds is 9. The molecular formula is C25H32FN3O2. The first-order valence-corrected chi connectivity index (χ1v) is 11.3. The molecule has 2 aromatic rings. The number of hydrogen-bond donors (Lipinski definition) is 0. The Balaban J connectivity index is 1.37. The Morgan fingerprint density at radius 2 is 2.00 bits per heavy atom. The van der Waals surface area contributed by atoms with Crippen molar-refractivity contribution in [3.8, 4) is 5.75 Å². The van der Waals surface area contributed by atoms with Crippen LogP contribution in [0.15, 0.2) is 36.5 Å². The van der Waals surface area contributed by atoms with E-state index in [9.17, 15) is 4.79 Å². The molecule has 31 heavy (non-hydrogen) atoms. The molecule has 1 aliphatic carbocycles. The van der Waals surface area contributed by atoms with Crippen LogP contribution < -0.4 is 14.5 Å². The monoisotopic (exact) mass is 425 g/mol. The maximum absolute atomic E-state index is 15.2. The van der Waals surface area contributed by atoms with Crippen molar-refractivity contribution in [3.63, 3.8) is 0 Å². The molecule has 0 spiro atoms. The third-order valence-corrected chi connectivity index (χ3v) is 6.28. The molecule has 1 saturated heterocycles. The van der Waals surface area contributed by atoms with E-state index in [0.717, 1.165) is 30.8 Å². The third kappa shape index (κ3) is 5.35. The van der Waals surface area contributed by atoms with Crippen molar-refractivity contribution in [1.29, 1.82) is 0 Å². The lowest BCUT2D eigenvalue weighted by atomic mass is 9.96. The Bertz CT molecular complexity index is 913. The largest absolute Gasteiger partial charge is 0.489 e. The average Bonchev–Trinajstić information content (AvgIpc) is 3.43. The van der Waals surface area contributed by atoms with E-state index in [1.54, 1.807) is 19.2 Å². The number of carbonyl (C=O) groups excluding carboxylic acids is 1. The SMILES string of the molecule is CC(=O)C[C@@H](C)c1ccc(O[C@@H]2CCN(c3nccc(N(C)CC4CC4)c3F)C2)cc1. The number of ketones is 1. The van der Waals surface area contributed by atoms with E-state index in [1.807, 2.05) is 41.1 Å². The molecule has 1 aromatic heterocycles. The molecule has 0 radical (unpaired) electrons. The van der Waals surface area contributed by atoms with Gasteiger partial charge in [-0.2, -0.15) is 0 Å². The fourth-order valence-electron chi connectivity index (χ4n) is 4.36. The molecule has 166 valence electrons. The van der Waals surface area contributed by atoms with Crippen molar-refractivity contribution in [2.75, 3.05) is 36.5 Å². The number of nitrogens with zero attached hydrogens (tertiary/aromatic N) is 3. The highest BCUT2D eigenvalue weighted by Crippen LogP contribution is 2.34. The second kappa shape index (κ2) is 9.25. The number of anilines is 2. The van der Waals surface area contributed by atoms with Gasteiger partial charge in [0.05, 0.1) is 12.2 Å². The number of aromatic nitrogens is 1. The van der Waals surface area contributed by atoms with Crippen LogP contribution in [0.5, 0.6) is 5.75 Å². The van der Waals surface area contributed by atoms with Gasteiger partial charge in [-0.3, -0.25) is 0 Å². The number of Topliss-reactive ketones (excluding diaryl/α,β-unsaturated/α-hetero) is 1. The van der Waals surface area contributed by atoms with Gasteiger partial charge < -0.3 is 19.3 Å². The fourth-order valence-corrected chi connectivity index (χ4v) is 4.36. The molecule has 0 unspecified atom stereocenters. The lowest BCUT2D eigenvalue weighted by molar-refractivity contribution is -0.117. The summed E-state index contributed by atoms with van der Waals surface area (Å²) >= 11 is 0. The lowest BCUT2D eigenvalue weighted by Crippen LogP contribution is -2.27. The minimum absolute atomic E-state index is 0.00505. The van der Waals surface area contributed by atoms with Crippen LogP contribution >= 0.6 is 0 Å². The standard InChI is InChI=1S/C25H32FN3O2/c1-17(14-18(2)30)20-6-8-21(9-7-20)31-22-11-13-29(16-22)25-24(26)23(10-12-27-25)28(3)15-19-4-5-19/h6-10,12,17,19,22H,4-5,11,13-16H2,1-3H3/t17-,22-/m1/s1. The number of carbonyl (C=O) groups is 1. The van der Waals surface area contributed by atoms with Crippen LogP contribution in [0.2, 0.25) is 0 Å². The summed E-state index contributed by atoms with van der Waals surface area (Å²) in [6, 6.07) is 9.73. The maximum Gasteiger partial charge on any atom is 0.188 e. The van der Waals surface area contributed by atoms with E-state index in [1.165, 1.54) is 12.8 Å². The summed E-state index contributed by atoms with van der Waals surface area (Å²) in [5.74, 6) is 2.07. The summed E-state index contributed by atoms with van der Waals surface area (Å²) in [7, 11) is 1.96. The first kappa shape index (κ1) is 21.6. The van der Waals surface area contributed by atoms with Crippen LogP contribution in [-0.4, -0.2) is 43.6 Å². The van der Waals surface area contributed by atoms with E-state index in [4.69, 9.17) is 4.74 Å². The predicted molar refractivity (Wildman–Crippen MR) is 122 cm³/mol. The Morgan fingerprint density at radius 1 is 1.26 bits per heavy atom. The first-order valence-electron chi connectivity index (χ1n) is 11.3. The minimum atomic E-state index is -0.241. The second-order valence-corrected chi connectivity index (χ2v) is 9.14. The van der Waals surface area contributed by atoms with Gasteiger partial charge >= 0.3 is 0 Å². The second-order valence-electron chi connectivity index (χ2n) is 9.14. The summed E-state index contributed by atoms with van der Waals surface area (Å²) in [6.07, 6.45) is 5.55. The quantitative estimate of drug-likeness (QED) is 0.577. The molecule has 2 fully saturated rings. The summed E-state index contributed by atoms with van der Waals surface area (Å²) in [6.45, 7) is 5.91. The Morgan fingerprint density at radius 3 is 2.68 bits per heavy atom. The van der Waals surface area contributed by atoms with Crippen molar-refractivity contribution in [1.82, 2.24) is 4.98 Å². The topological polar surface area (TPSA) is 45.7 Å². The van der Waals surface area contributed by atoms with Gasteiger partial charge in [0, 0.05) is 39.2 Å². The molecule has 6 heteroatoms. The van der Waals surface area contributed by atoms with Gasteiger partial charge in [0.15, 0.2) is 11.6 Å². The fraction of sp³-hybridized carbons (Fsp3) is 0.520. The van der Waals surface area contributed by atoms with Gasteiger partial charge in [-0.15, -0.1) is 0 Å². The van der Waals surface area contributed by atoms with E-state index >= 15 is 4.39 Å². The molecule has 2 heterocycles. The molecular weight excluding hydrogens is 393 g/mol. The van der Waals surface area contributed by atoms with Crippen molar-refractivity contribution in [2.24, 2.45) is 5.92 Å². The van der Waals surface area contributed by atoms with Crippen molar-refractivity contribution in [3.05, 3.63) is 47.9 Å². The zero-order chi connectivity index (χ0) is 22.0. The van der Waals surface area contributed by atoms with Gasteiger partial charge in [0.25, 0.3) is 0 Å². The molecule has 1 saturated carbocycles. The van der Waals surface area contributed by atoms with Crippen molar-refractivity contribution < 1.29 is 13.9 Å². The Kier molecular flexibility index (Phi) is 6.44. The van der Waals surface area contributed by atoms with Crippen LogP contribution in [0.3, 0.4) is 0 Å². The Hall–Kier alpha value is -2.63. The summed E-state index contributed by atoms with van der Waals surface area (Å²) < 4.78 is 21.4. The highest BCUT2D eigenvalue weighted by molar-refractivity contribution is 5.76. The van der Waals surface area contributed by atoms with E-state index < -0.39 is 0 Å². The zero-order valence-electron chi connectivity index (χ0n) is 18.7. The molecule has 5 nitrogen and oxygen atoms in total. The highest BCUT2D eigenvalue weighted by atomic mass is 19.1. The van der Waals surface area contributed by atoms with E-state index in [2.05, 4.69) is 11.9 Å². The molecule has 4 rings (SSSR count). The predicted octanol–water partition coefficient (Wildman–Crippen LogP) is 4.81. The molecule has 1 aromatic carbocycles. The number of benzene rings is 1. The summed E-state index contributed by atoms with van der Waals surface area (Å²) in [5, 5.41) is 0. The first-order chi connectivity index (χ1) is 14.9. The molecule has 0 bridgehead atoms. The smallest absolute Gasteiger partial charge is 0.188 e. The molecule has 2 aliphatic rings. The molecule has 1 aliphatic heterocycles. The van der Waals surface area contributed by atoms with E-state index in [0.29, 0.717) is 30.4 Å². The van der Waals surface area contributed by atoms with Gasteiger partial charge in [0.1, 0.15) is 17.6 Å². The maximum atomic E-state index is 15.2. The van der Waals surface area contributed by atoms with Crippen molar-refractivity contribution in [2.45, 2.75) is 51.6 Å². The van der Waals surface area contributed by atoms with Crippen LogP contribution in [-0.2, 0) is 4.79 Å². The molecule has 2 atom stereocenters. The number of ether oxygens (including phenoxy) is 1. The molecule has 0 N–H and O–H groups in total. The number of hydrogen-bond acceptors (Lipinski definition) is 5. The number of pyridine rings is 1. The number of halogens is 1. The van der Waals surface area contributed by atoms with Crippen LogP contribution in [0, 0.1) is 11.7 Å². The van der Waals surface area contributed by atoms with Crippen LogP contribution in [0.1, 0.15) is 51.0 Å². The molecule has 0 amide bonds. The normalized spacial score (nSPS) is 19.4. The van der Waals surface area contributed by atoms with E-state index in [-0.39, 0.29) is 23.6 Å². The van der Waals surface area contributed by atoms with Gasteiger partial charge in [-0.1, -0.05) is 19.1 Å². The van der Waals surface area contributed by atoms with Gasteiger partial charge in [-0.25, -0.2) is 9.37 Å². The van der Waals surface area contributed by atoms with Gasteiger partial charge in [-0.05, 0) is 55.4 Å². The Labute approximate surface area is 184 Å². The summed E-state index contributed by atoms with van der Waals surface area (Å²) in [4.78, 5) is 19.7.